The number of carbonyl (C=O) groups is 1. The van der Waals surface area contributed by atoms with Crippen LogP contribution in [0, 0.1) is 0 Å². The number of hydrogen-bond donors (Lipinski definition) is 1. The van der Waals surface area contributed by atoms with Gasteiger partial charge in [0, 0.05) is 31.7 Å². The van der Waals surface area contributed by atoms with Crippen LogP contribution in [0.2, 0.25) is 0 Å². The summed E-state index contributed by atoms with van der Waals surface area (Å²) in [6.45, 7) is 2.52. The molecule has 0 aliphatic carbocycles. The standard InChI is InChI=1S/C17H21N5O2/c23-16(21-12-14-4-1-2-7-18-14)13-22-10-5-15(6-11-22)24-17-19-8-3-9-20-17/h1-4,7-9,15H,5-6,10-13H2,(H,21,23). The maximum Gasteiger partial charge on any atom is 0.316 e. The van der Waals surface area contributed by atoms with Crippen molar-refractivity contribution in [2.45, 2.75) is 25.5 Å². The second-order valence-corrected chi connectivity index (χ2v) is 5.72. The van der Waals surface area contributed by atoms with Gasteiger partial charge in [0.05, 0.1) is 18.8 Å². The van der Waals surface area contributed by atoms with Crippen LogP contribution in [0.15, 0.2) is 42.9 Å². The number of pyridine rings is 1. The molecule has 0 radical (unpaired) electrons. The minimum atomic E-state index is 0.0198. The predicted octanol–water partition coefficient (Wildman–Crippen LogP) is 1.03. The first kappa shape index (κ1) is 16.3. The molecule has 0 unspecified atom stereocenters. The molecule has 3 heterocycles. The molecule has 0 saturated carbocycles. The number of ether oxygens (including phenoxy) is 1. The van der Waals surface area contributed by atoms with Gasteiger partial charge in [-0.15, -0.1) is 0 Å². The summed E-state index contributed by atoms with van der Waals surface area (Å²) in [6, 6.07) is 7.85. The molecule has 2 aromatic heterocycles. The monoisotopic (exact) mass is 327 g/mol. The first-order chi connectivity index (χ1) is 11.8. The zero-order valence-corrected chi connectivity index (χ0v) is 13.5. The Morgan fingerprint density at radius 1 is 1.12 bits per heavy atom. The molecule has 0 atom stereocenters. The van der Waals surface area contributed by atoms with E-state index in [1.807, 2.05) is 18.2 Å². The van der Waals surface area contributed by atoms with E-state index < -0.39 is 0 Å². The molecular formula is C17H21N5O2. The Morgan fingerprint density at radius 2 is 1.88 bits per heavy atom. The maximum absolute atomic E-state index is 12.0. The highest BCUT2D eigenvalue weighted by molar-refractivity contribution is 5.77. The minimum Gasteiger partial charge on any atom is -0.460 e. The number of aromatic nitrogens is 3. The first-order valence-corrected chi connectivity index (χ1v) is 8.12. The van der Waals surface area contributed by atoms with Gasteiger partial charge in [-0.2, -0.15) is 0 Å². The van der Waals surface area contributed by atoms with E-state index in [1.165, 1.54) is 0 Å². The molecular weight excluding hydrogens is 306 g/mol. The molecule has 2 aromatic rings. The van der Waals surface area contributed by atoms with Crippen LogP contribution in [0.3, 0.4) is 0 Å². The summed E-state index contributed by atoms with van der Waals surface area (Å²) in [7, 11) is 0. The van der Waals surface area contributed by atoms with E-state index >= 15 is 0 Å². The highest BCUT2D eigenvalue weighted by atomic mass is 16.5. The highest BCUT2D eigenvalue weighted by Crippen LogP contribution is 2.15. The second-order valence-electron chi connectivity index (χ2n) is 5.72. The van der Waals surface area contributed by atoms with E-state index in [1.54, 1.807) is 24.7 Å². The molecule has 0 bridgehead atoms. The average molecular weight is 327 g/mol. The molecule has 126 valence electrons. The van der Waals surface area contributed by atoms with Crippen molar-refractivity contribution in [1.29, 1.82) is 0 Å². The molecule has 1 amide bonds. The molecule has 24 heavy (non-hydrogen) atoms. The van der Waals surface area contributed by atoms with Crippen LogP contribution in [0.25, 0.3) is 0 Å². The Balaban J connectivity index is 1.36. The van der Waals surface area contributed by atoms with Crippen LogP contribution in [0.4, 0.5) is 0 Å². The van der Waals surface area contributed by atoms with Gasteiger partial charge in [0.15, 0.2) is 0 Å². The molecule has 1 saturated heterocycles. The summed E-state index contributed by atoms with van der Waals surface area (Å²) in [5, 5.41) is 2.90. The van der Waals surface area contributed by atoms with Gasteiger partial charge >= 0.3 is 6.01 Å². The summed E-state index contributed by atoms with van der Waals surface area (Å²) < 4.78 is 5.76. The Kier molecular flexibility index (Phi) is 5.68. The lowest BCUT2D eigenvalue weighted by molar-refractivity contribution is -0.122. The summed E-state index contributed by atoms with van der Waals surface area (Å²) in [5.74, 6) is 0.0198. The molecule has 1 aliphatic heterocycles. The van der Waals surface area contributed by atoms with Crippen molar-refractivity contribution in [1.82, 2.24) is 25.2 Å². The van der Waals surface area contributed by atoms with Crippen LogP contribution in [0.1, 0.15) is 18.5 Å². The number of rotatable bonds is 6. The molecule has 7 heteroatoms. The summed E-state index contributed by atoms with van der Waals surface area (Å²) in [5.41, 5.74) is 0.862. The number of hydrogen-bond acceptors (Lipinski definition) is 6. The number of amides is 1. The Labute approximate surface area is 141 Å². The fourth-order valence-electron chi connectivity index (χ4n) is 2.63. The van der Waals surface area contributed by atoms with Crippen LogP contribution in [0.5, 0.6) is 6.01 Å². The lowest BCUT2D eigenvalue weighted by Gasteiger charge is -2.31. The van der Waals surface area contributed by atoms with Crippen LogP contribution in [-0.4, -0.2) is 51.5 Å². The smallest absolute Gasteiger partial charge is 0.316 e. The highest BCUT2D eigenvalue weighted by Gasteiger charge is 2.22. The number of nitrogens with one attached hydrogen (secondary N) is 1. The molecule has 1 aliphatic rings. The number of nitrogens with zero attached hydrogens (tertiary/aromatic N) is 4. The second kappa shape index (κ2) is 8.35. The lowest BCUT2D eigenvalue weighted by Crippen LogP contribution is -2.43. The maximum atomic E-state index is 12.0. The fourth-order valence-corrected chi connectivity index (χ4v) is 2.63. The Morgan fingerprint density at radius 3 is 2.58 bits per heavy atom. The van der Waals surface area contributed by atoms with Gasteiger partial charge in [-0.25, -0.2) is 9.97 Å². The predicted molar refractivity (Wildman–Crippen MR) is 88.2 cm³/mol. The van der Waals surface area contributed by atoms with Crippen molar-refractivity contribution in [3.63, 3.8) is 0 Å². The van der Waals surface area contributed by atoms with E-state index in [0.29, 0.717) is 19.1 Å². The third-order valence-corrected chi connectivity index (χ3v) is 3.91. The van der Waals surface area contributed by atoms with E-state index in [9.17, 15) is 4.79 Å². The lowest BCUT2D eigenvalue weighted by atomic mass is 10.1. The van der Waals surface area contributed by atoms with Gasteiger partial charge in [0.1, 0.15) is 6.10 Å². The molecule has 7 nitrogen and oxygen atoms in total. The topological polar surface area (TPSA) is 80.2 Å². The summed E-state index contributed by atoms with van der Waals surface area (Å²) in [6.07, 6.45) is 6.91. The fraction of sp³-hybridized carbons (Fsp3) is 0.412. The van der Waals surface area contributed by atoms with Crippen LogP contribution in [-0.2, 0) is 11.3 Å². The average Bonchev–Trinajstić information content (AvgIpc) is 2.63. The Hall–Kier alpha value is -2.54. The van der Waals surface area contributed by atoms with Crippen molar-refractivity contribution in [3.8, 4) is 6.01 Å². The zero-order valence-electron chi connectivity index (χ0n) is 13.5. The quantitative estimate of drug-likeness (QED) is 0.854. The first-order valence-electron chi connectivity index (χ1n) is 8.12. The van der Waals surface area contributed by atoms with Gasteiger partial charge in [-0.05, 0) is 31.0 Å². The van der Waals surface area contributed by atoms with Crippen molar-refractivity contribution in [3.05, 3.63) is 48.5 Å². The van der Waals surface area contributed by atoms with Gasteiger partial charge in [0.25, 0.3) is 0 Å². The molecule has 3 rings (SSSR count). The van der Waals surface area contributed by atoms with Crippen LogP contribution < -0.4 is 10.1 Å². The van der Waals surface area contributed by atoms with Crippen molar-refractivity contribution in [2.24, 2.45) is 0 Å². The Bertz CT molecular complexity index is 630. The van der Waals surface area contributed by atoms with Gasteiger partial charge in [-0.1, -0.05) is 6.07 Å². The van der Waals surface area contributed by atoms with Crippen LogP contribution >= 0.6 is 0 Å². The van der Waals surface area contributed by atoms with Crippen molar-refractivity contribution >= 4 is 5.91 Å². The molecule has 0 aromatic carbocycles. The van der Waals surface area contributed by atoms with E-state index in [2.05, 4.69) is 25.2 Å². The van der Waals surface area contributed by atoms with E-state index in [0.717, 1.165) is 31.6 Å². The number of piperidine rings is 1. The molecule has 1 fully saturated rings. The number of likely N-dealkylation sites (tertiary alicyclic amines) is 1. The third kappa shape index (κ3) is 4.99. The summed E-state index contributed by atoms with van der Waals surface area (Å²) >= 11 is 0. The molecule has 0 spiro atoms. The largest absolute Gasteiger partial charge is 0.460 e. The van der Waals surface area contributed by atoms with Gasteiger partial charge < -0.3 is 10.1 Å². The molecule has 1 N–H and O–H groups in total. The van der Waals surface area contributed by atoms with Crippen molar-refractivity contribution < 1.29 is 9.53 Å². The van der Waals surface area contributed by atoms with Crippen molar-refractivity contribution in [2.75, 3.05) is 19.6 Å². The van der Waals surface area contributed by atoms with E-state index in [4.69, 9.17) is 4.74 Å². The normalized spacial score (nSPS) is 15.8. The van der Waals surface area contributed by atoms with E-state index in [-0.39, 0.29) is 12.0 Å². The van der Waals surface area contributed by atoms with Gasteiger partial charge in [-0.3, -0.25) is 14.7 Å². The third-order valence-electron chi connectivity index (χ3n) is 3.91. The zero-order chi connectivity index (χ0) is 16.6. The minimum absolute atomic E-state index is 0.0198. The number of carbonyl (C=O) groups excluding carboxylic acids is 1. The summed E-state index contributed by atoms with van der Waals surface area (Å²) in [4.78, 5) is 26.5. The van der Waals surface area contributed by atoms with Gasteiger partial charge in [0.2, 0.25) is 5.91 Å². The SMILES string of the molecule is O=C(CN1CCC(Oc2ncccn2)CC1)NCc1ccccn1.